The number of hydrogen-bond donors (Lipinski definition) is 1. The highest BCUT2D eigenvalue weighted by Crippen LogP contribution is 2.27. The van der Waals surface area contributed by atoms with E-state index < -0.39 is 21.0 Å². The summed E-state index contributed by atoms with van der Waals surface area (Å²) in [5.41, 5.74) is 5.57. The van der Waals surface area contributed by atoms with E-state index in [0.29, 0.717) is 17.1 Å². The minimum atomic E-state index is -3.68. The summed E-state index contributed by atoms with van der Waals surface area (Å²) in [4.78, 5) is 11.1. The van der Waals surface area contributed by atoms with Crippen molar-refractivity contribution in [3.05, 3.63) is 60.2 Å². The molecule has 2 aromatic carbocycles. The molecule has 0 unspecified atom stereocenters. The van der Waals surface area contributed by atoms with Crippen LogP contribution in [-0.4, -0.2) is 19.6 Å². The molecule has 0 bridgehead atoms. The van der Waals surface area contributed by atoms with Crippen LogP contribution < -0.4 is 10.5 Å². The summed E-state index contributed by atoms with van der Waals surface area (Å²) >= 11 is 0. The Kier molecular flexibility index (Phi) is 4.82. The molecule has 0 aromatic heterocycles. The highest BCUT2D eigenvalue weighted by atomic mass is 32.2. The normalized spacial score (nSPS) is 12.6. The van der Waals surface area contributed by atoms with Crippen molar-refractivity contribution >= 4 is 15.7 Å². The number of carbonyl (C=O) groups excluding carboxylic acids is 1. The second kappa shape index (κ2) is 6.62. The van der Waals surface area contributed by atoms with Gasteiger partial charge in [-0.3, -0.25) is 4.79 Å². The lowest BCUT2D eigenvalue weighted by Crippen LogP contribution is -2.34. The topological polar surface area (TPSA) is 86.5 Å². The van der Waals surface area contributed by atoms with Crippen LogP contribution in [0.4, 0.5) is 0 Å². The minimum Gasteiger partial charge on any atom is -0.457 e. The maximum Gasteiger partial charge on any atom is 0.235 e. The molecule has 2 rings (SSSR count). The molecule has 2 N–H and O–H groups in total. The average molecular weight is 319 g/mol. The molecule has 0 aliphatic rings. The van der Waals surface area contributed by atoms with Gasteiger partial charge in [-0.2, -0.15) is 0 Å². The zero-order chi connectivity index (χ0) is 16.2. The van der Waals surface area contributed by atoms with Crippen LogP contribution in [0, 0.1) is 0 Å². The third kappa shape index (κ3) is 3.85. The number of para-hydroxylation sites is 2. The number of hydrogen-bond acceptors (Lipinski definition) is 4. The fourth-order valence-corrected chi connectivity index (χ4v) is 3.13. The molecule has 116 valence electrons. The number of ether oxygens (including phenoxy) is 1. The largest absolute Gasteiger partial charge is 0.457 e. The van der Waals surface area contributed by atoms with Crippen molar-refractivity contribution in [3.63, 3.8) is 0 Å². The molecule has 6 heteroatoms. The molecular formula is C16H17NO4S. The van der Waals surface area contributed by atoms with E-state index in [9.17, 15) is 13.2 Å². The molecule has 2 aromatic rings. The summed E-state index contributed by atoms with van der Waals surface area (Å²) in [6.07, 6.45) is 0. The van der Waals surface area contributed by atoms with Gasteiger partial charge in [0.15, 0.2) is 9.84 Å². The van der Waals surface area contributed by atoms with Gasteiger partial charge < -0.3 is 10.5 Å². The number of sulfone groups is 1. The SMILES string of the molecule is C[C@@H](C(N)=O)S(=O)(=O)Cc1ccccc1Oc1ccccc1. The van der Waals surface area contributed by atoms with Crippen LogP contribution in [-0.2, 0) is 20.4 Å². The predicted molar refractivity (Wildman–Crippen MR) is 84.2 cm³/mol. The second-order valence-electron chi connectivity index (χ2n) is 4.87. The van der Waals surface area contributed by atoms with Crippen LogP contribution in [0.3, 0.4) is 0 Å². The molecule has 0 aliphatic carbocycles. The molecular weight excluding hydrogens is 302 g/mol. The summed E-state index contributed by atoms with van der Waals surface area (Å²) in [6, 6.07) is 15.9. The summed E-state index contributed by atoms with van der Waals surface area (Å²) in [5, 5.41) is -1.24. The minimum absolute atomic E-state index is 0.305. The molecule has 22 heavy (non-hydrogen) atoms. The van der Waals surface area contributed by atoms with E-state index in [0.717, 1.165) is 0 Å². The third-order valence-electron chi connectivity index (χ3n) is 3.24. The Balaban J connectivity index is 2.28. The summed E-state index contributed by atoms with van der Waals surface area (Å²) < 4.78 is 30.1. The Morgan fingerprint density at radius 1 is 1.09 bits per heavy atom. The highest BCUT2D eigenvalue weighted by molar-refractivity contribution is 7.92. The van der Waals surface area contributed by atoms with E-state index in [4.69, 9.17) is 10.5 Å². The maximum atomic E-state index is 12.2. The van der Waals surface area contributed by atoms with Crippen LogP contribution >= 0.6 is 0 Å². The van der Waals surface area contributed by atoms with Crippen molar-refractivity contribution in [3.8, 4) is 11.5 Å². The Hall–Kier alpha value is -2.34. The Labute approximate surface area is 129 Å². The number of primary amides is 1. The smallest absolute Gasteiger partial charge is 0.235 e. The molecule has 1 amide bonds. The number of benzene rings is 2. The molecule has 0 heterocycles. The van der Waals surface area contributed by atoms with Crippen LogP contribution in [0.25, 0.3) is 0 Å². The molecule has 0 fully saturated rings. The first-order valence-electron chi connectivity index (χ1n) is 6.72. The fourth-order valence-electron chi connectivity index (χ4n) is 1.86. The Morgan fingerprint density at radius 2 is 1.68 bits per heavy atom. The zero-order valence-electron chi connectivity index (χ0n) is 12.1. The summed E-state index contributed by atoms with van der Waals surface area (Å²) in [5.74, 6) is -0.120. The van der Waals surface area contributed by atoms with Crippen molar-refractivity contribution in [2.45, 2.75) is 17.9 Å². The first kappa shape index (κ1) is 16.0. The van der Waals surface area contributed by atoms with Gasteiger partial charge in [0.05, 0.1) is 5.75 Å². The third-order valence-corrected chi connectivity index (χ3v) is 5.26. The first-order chi connectivity index (χ1) is 10.4. The van der Waals surface area contributed by atoms with Gasteiger partial charge in [-0.25, -0.2) is 8.42 Å². The summed E-state index contributed by atoms with van der Waals surface area (Å²) in [6.45, 7) is 1.29. The molecule has 0 aliphatic heterocycles. The Morgan fingerprint density at radius 3 is 2.32 bits per heavy atom. The highest BCUT2D eigenvalue weighted by Gasteiger charge is 2.27. The maximum absolute atomic E-state index is 12.2. The standard InChI is InChI=1S/C16H17NO4S/c1-12(16(17)18)22(19,20)11-13-7-5-6-10-15(13)21-14-8-3-2-4-9-14/h2-10,12H,11H2,1H3,(H2,17,18)/t12-/m0/s1. The van der Waals surface area contributed by atoms with Crippen LogP contribution in [0.5, 0.6) is 11.5 Å². The van der Waals surface area contributed by atoms with E-state index in [-0.39, 0.29) is 5.75 Å². The van der Waals surface area contributed by atoms with E-state index in [1.807, 2.05) is 18.2 Å². The zero-order valence-corrected chi connectivity index (χ0v) is 12.9. The van der Waals surface area contributed by atoms with Crippen molar-refractivity contribution in [2.75, 3.05) is 0 Å². The van der Waals surface area contributed by atoms with Crippen molar-refractivity contribution in [1.29, 1.82) is 0 Å². The quantitative estimate of drug-likeness (QED) is 0.885. The molecule has 1 atom stereocenters. The second-order valence-corrected chi connectivity index (χ2v) is 7.20. The van der Waals surface area contributed by atoms with Gasteiger partial charge in [-0.05, 0) is 25.1 Å². The van der Waals surface area contributed by atoms with Crippen LogP contribution in [0.2, 0.25) is 0 Å². The van der Waals surface area contributed by atoms with E-state index in [1.54, 1.807) is 36.4 Å². The average Bonchev–Trinajstić information content (AvgIpc) is 2.49. The van der Waals surface area contributed by atoms with Gasteiger partial charge >= 0.3 is 0 Å². The van der Waals surface area contributed by atoms with Gasteiger partial charge in [0.25, 0.3) is 0 Å². The monoisotopic (exact) mass is 319 g/mol. The molecule has 0 saturated carbocycles. The van der Waals surface area contributed by atoms with Crippen LogP contribution in [0.15, 0.2) is 54.6 Å². The molecule has 5 nitrogen and oxygen atoms in total. The lowest BCUT2D eigenvalue weighted by Gasteiger charge is -2.13. The van der Waals surface area contributed by atoms with E-state index >= 15 is 0 Å². The lowest BCUT2D eigenvalue weighted by molar-refractivity contribution is -0.117. The van der Waals surface area contributed by atoms with Gasteiger partial charge in [0.2, 0.25) is 5.91 Å². The number of amides is 1. The molecule has 0 spiro atoms. The van der Waals surface area contributed by atoms with Gasteiger partial charge in [0.1, 0.15) is 16.7 Å². The fraction of sp³-hybridized carbons (Fsp3) is 0.188. The van der Waals surface area contributed by atoms with Gasteiger partial charge in [0, 0.05) is 5.56 Å². The number of carbonyl (C=O) groups is 1. The summed E-state index contributed by atoms with van der Waals surface area (Å²) in [7, 11) is -3.68. The molecule has 0 saturated heterocycles. The predicted octanol–water partition coefficient (Wildman–Crippen LogP) is 2.27. The molecule has 0 radical (unpaired) electrons. The van der Waals surface area contributed by atoms with E-state index in [2.05, 4.69) is 0 Å². The Bertz CT molecular complexity index is 757. The van der Waals surface area contributed by atoms with Crippen molar-refractivity contribution in [2.24, 2.45) is 5.73 Å². The first-order valence-corrected chi connectivity index (χ1v) is 8.43. The van der Waals surface area contributed by atoms with Crippen molar-refractivity contribution in [1.82, 2.24) is 0 Å². The van der Waals surface area contributed by atoms with Gasteiger partial charge in [-0.1, -0.05) is 36.4 Å². The van der Waals surface area contributed by atoms with Crippen LogP contribution in [0.1, 0.15) is 12.5 Å². The number of rotatable bonds is 6. The van der Waals surface area contributed by atoms with Crippen molar-refractivity contribution < 1.29 is 17.9 Å². The number of nitrogens with two attached hydrogens (primary N) is 1. The lowest BCUT2D eigenvalue weighted by atomic mass is 10.2. The van der Waals surface area contributed by atoms with Gasteiger partial charge in [-0.15, -0.1) is 0 Å². The van der Waals surface area contributed by atoms with E-state index in [1.165, 1.54) is 6.92 Å².